The number of aromatic amines is 1. The van der Waals surface area contributed by atoms with Crippen LogP contribution in [0.1, 0.15) is 23.5 Å². The van der Waals surface area contributed by atoms with Crippen LogP contribution in [0.5, 0.6) is 0 Å². The van der Waals surface area contributed by atoms with Crippen LogP contribution in [0.25, 0.3) is 11.3 Å². The van der Waals surface area contributed by atoms with Crippen molar-refractivity contribution in [3.8, 4) is 11.3 Å². The van der Waals surface area contributed by atoms with Crippen molar-refractivity contribution >= 4 is 23.3 Å². The number of carbonyl (C=O) groups excluding carboxylic acids is 1. The largest absolute Gasteiger partial charge is 0.309 e. The molecule has 0 bridgehead atoms. The zero-order chi connectivity index (χ0) is 17.6. The van der Waals surface area contributed by atoms with Gasteiger partial charge in [-0.15, -0.1) is 0 Å². The van der Waals surface area contributed by atoms with Gasteiger partial charge in [0.2, 0.25) is 5.91 Å². The maximum Gasteiger partial charge on any atom is 0.226 e. The molecule has 0 aliphatic carbocycles. The van der Waals surface area contributed by atoms with Crippen molar-refractivity contribution in [1.29, 1.82) is 0 Å². The van der Waals surface area contributed by atoms with Gasteiger partial charge in [-0.3, -0.25) is 9.89 Å². The van der Waals surface area contributed by atoms with Crippen LogP contribution in [-0.2, 0) is 4.79 Å². The first-order chi connectivity index (χ1) is 12.0. The average Bonchev–Trinajstić information content (AvgIpc) is 2.97. The van der Waals surface area contributed by atoms with E-state index in [0.29, 0.717) is 27.7 Å². The number of H-pyrrole nitrogens is 1. The van der Waals surface area contributed by atoms with Crippen LogP contribution in [-0.4, -0.2) is 16.1 Å². The molecule has 0 radical (unpaired) electrons. The molecule has 7 heteroatoms. The summed E-state index contributed by atoms with van der Waals surface area (Å²) in [4.78, 5) is 12.0. The first-order valence-corrected chi connectivity index (χ1v) is 7.99. The summed E-state index contributed by atoms with van der Waals surface area (Å²) in [5, 5.41) is 10.3. The molecule has 1 atom stereocenters. The van der Waals surface area contributed by atoms with Gasteiger partial charge < -0.3 is 5.32 Å². The summed E-state index contributed by atoms with van der Waals surface area (Å²) >= 11 is 5.93. The van der Waals surface area contributed by atoms with E-state index in [2.05, 4.69) is 15.5 Å². The van der Waals surface area contributed by atoms with E-state index in [1.54, 1.807) is 12.1 Å². The van der Waals surface area contributed by atoms with Crippen LogP contribution < -0.4 is 5.32 Å². The van der Waals surface area contributed by atoms with Crippen molar-refractivity contribution in [2.24, 2.45) is 0 Å². The number of nitrogens with zero attached hydrogens (tertiary/aromatic N) is 1. The minimum Gasteiger partial charge on any atom is -0.309 e. The predicted octanol–water partition coefficient (Wildman–Crippen LogP) is 4.48. The highest BCUT2D eigenvalue weighted by Crippen LogP contribution is 2.42. The number of hydrogen-bond acceptors (Lipinski definition) is 2. The highest BCUT2D eigenvalue weighted by molar-refractivity contribution is 6.30. The van der Waals surface area contributed by atoms with Crippen LogP contribution in [0, 0.1) is 11.6 Å². The number of fused-ring (bicyclic) bond motifs is 1. The minimum atomic E-state index is -0.681. The van der Waals surface area contributed by atoms with Crippen molar-refractivity contribution in [2.45, 2.75) is 12.3 Å². The van der Waals surface area contributed by atoms with Gasteiger partial charge in [-0.25, -0.2) is 8.78 Å². The lowest BCUT2D eigenvalue weighted by atomic mass is 9.84. The molecule has 0 spiro atoms. The molecule has 0 unspecified atom stereocenters. The van der Waals surface area contributed by atoms with Crippen molar-refractivity contribution in [3.63, 3.8) is 0 Å². The van der Waals surface area contributed by atoms with E-state index in [1.165, 1.54) is 12.1 Å². The van der Waals surface area contributed by atoms with E-state index in [4.69, 9.17) is 11.6 Å². The molecule has 4 nitrogen and oxygen atoms in total. The maximum absolute atomic E-state index is 13.7. The number of nitrogens with one attached hydrogen (secondary N) is 2. The summed E-state index contributed by atoms with van der Waals surface area (Å²) in [6, 6.07) is 10.4. The van der Waals surface area contributed by atoms with E-state index < -0.39 is 17.6 Å². The molecule has 3 aromatic rings. The third kappa shape index (κ3) is 2.89. The number of aromatic nitrogens is 2. The Morgan fingerprint density at radius 1 is 1.08 bits per heavy atom. The number of halogens is 3. The van der Waals surface area contributed by atoms with Crippen molar-refractivity contribution in [2.75, 3.05) is 5.32 Å². The Balaban J connectivity index is 1.88. The second kappa shape index (κ2) is 5.97. The Hall–Kier alpha value is -2.73. The minimum absolute atomic E-state index is 0.0794. The lowest BCUT2D eigenvalue weighted by Crippen LogP contribution is -2.23. The molecule has 1 aromatic heterocycles. The van der Waals surface area contributed by atoms with Crippen LogP contribution in [0.2, 0.25) is 5.02 Å². The zero-order valence-corrected chi connectivity index (χ0v) is 13.6. The molecular formula is C18H12ClF2N3O. The molecule has 2 heterocycles. The normalized spacial score (nSPS) is 16.4. The lowest BCUT2D eigenvalue weighted by molar-refractivity contribution is -0.116. The SMILES string of the molecule is O=C1C[C@H](c2cc(F)cc(F)c2)c2c(n[nH]c2-c2ccc(Cl)cc2)N1. The van der Waals surface area contributed by atoms with E-state index in [9.17, 15) is 13.6 Å². The molecule has 1 amide bonds. The maximum atomic E-state index is 13.7. The summed E-state index contributed by atoms with van der Waals surface area (Å²) < 4.78 is 27.3. The second-order valence-corrected chi connectivity index (χ2v) is 6.31. The molecular weight excluding hydrogens is 348 g/mol. The zero-order valence-electron chi connectivity index (χ0n) is 12.8. The first-order valence-electron chi connectivity index (χ1n) is 7.61. The third-order valence-corrected chi connectivity index (χ3v) is 4.47. The highest BCUT2D eigenvalue weighted by Gasteiger charge is 2.32. The van der Waals surface area contributed by atoms with Gasteiger partial charge in [0.1, 0.15) is 11.6 Å². The fourth-order valence-electron chi connectivity index (χ4n) is 3.15. The van der Waals surface area contributed by atoms with Gasteiger partial charge in [-0.05, 0) is 29.8 Å². The average molecular weight is 360 g/mol. The summed E-state index contributed by atoms with van der Waals surface area (Å²) in [6.45, 7) is 0. The number of amides is 1. The fraction of sp³-hybridized carbons (Fsp3) is 0.111. The molecule has 0 saturated carbocycles. The predicted molar refractivity (Wildman–Crippen MR) is 90.5 cm³/mol. The molecule has 1 aliphatic heterocycles. The summed E-state index contributed by atoms with van der Waals surface area (Å²) in [5.74, 6) is -1.75. The highest BCUT2D eigenvalue weighted by atomic mass is 35.5. The lowest BCUT2D eigenvalue weighted by Gasteiger charge is -2.23. The Kier molecular flexibility index (Phi) is 3.77. The van der Waals surface area contributed by atoms with Gasteiger partial charge in [0, 0.05) is 34.6 Å². The quantitative estimate of drug-likeness (QED) is 0.708. The van der Waals surface area contributed by atoms with Gasteiger partial charge in [0.15, 0.2) is 5.82 Å². The fourth-order valence-corrected chi connectivity index (χ4v) is 3.28. The number of benzene rings is 2. The summed E-state index contributed by atoms with van der Waals surface area (Å²) in [6.07, 6.45) is 0.0794. The molecule has 25 heavy (non-hydrogen) atoms. The van der Waals surface area contributed by atoms with Crippen molar-refractivity contribution in [3.05, 3.63) is 70.2 Å². The monoisotopic (exact) mass is 359 g/mol. The molecule has 0 saturated heterocycles. The van der Waals surface area contributed by atoms with Crippen LogP contribution in [0.4, 0.5) is 14.6 Å². The van der Waals surface area contributed by atoms with Crippen molar-refractivity contribution in [1.82, 2.24) is 10.2 Å². The molecule has 4 rings (SSSR count). The van der Waals surface area contributed by atoms with Gasteiger partial charge in [0.25, 0.3) is 0 Å². The molecule has 2 N–H and O–H groups in total. The second-order valence-electron chi connectivity index (χ2n) is 5.88. The Morgan fingerprint density at radius 3 is 2.44 bits per heavy atom. The summed E-state index contributed by atoms with van der Waals surface area (Å²) in [7, 11) is 0. The smallest absolute Gasteiger partial charge is 0.226 e. The number of rotatable bonds is 2. The first kappa shape index (κ1) is 15.8. The summed E-state index contributed by atoms with van der Waals surface area (Å²) in [5.41, 5.74) is 2.59. The van der Waals surface area contributed by atoms with Crippen LogP contribution in [0.15, 0.2) is 42.5 Å². The van der Waals surface area contributed by atoms with E-state index in [1.807, 2.05) is 12.1 Å². The van der Waals surface area contributed by atoms with Crippen LogP contribution in [0.3, 0.4) is 0 Å². The number of hydrogen-bond donors (Lipinski definition) is 2. The van der Waals surface area contributed by atoms with Crippen molar-refractivity contribution < 1.29 is 13.6 Å². The Morgan fingerprint density at radius 2 is 1.76 bits per heavy atom. The topological polar surface area (TPSA) is 57.8 Å². The molecule has 126 valence electrons. The van der Waals surface area contributed by atoms with Gasteiger partial charge in [0.05, 0.1) is 5.69 Å². The Labute approximate surface area is 146 Å². The van der Waals surface area contributed by atoms with Gasteiger partial charge >= 0.3 is 0 Å². The van der Waals surface area contributed by atoms with E-state index in [-0.39, 0.29) is 12.3 Å². The Bertz CT molecular complexity index is 949. The van der Waals surface area contributed by atoms with E-state index in [0.717, 1.165) is 11.6 Å². The van der Waals surface area contributed by atoms with Gasteiger partial charge in [-0.1, -0.05) is 23.7 Å². The third-order valence-electron chi connectivity index (χ3n) is 4.22. The van der Waals surface area contributed by atoms with Crippen LogP contribution >= 0.6 is 11.6 Å². The molecule has 0 fully saturated rings. The number of carbonyl (C=O) groups is 1. The number of anilines is 1. The molecule has 1 aliphatic rings. The molecule has 2 aromatic carbocycles. The van der Waals surface area contributed by atoms with Gasteiger partial charge in [-0.2, -0.15) is 5.10 Å². The van der Waals surface area contributed by atoms with E-state index >= 15 is 0 Å². The standard InChI is InChI=1S/C18H12ClF2N3O/c19-11-3-1-9(2-4-11)17-16-14(8-15(25)22-18(16)24-23-17)10-5-12(20)7-13(21)6-10/h1-7,14H,8H2,(H2,22,23,24,25)/t14-/m1/s1.